The summed E-state index contributed by atoms with van der Waals surface area (Å²) in [7, 11) is 0. The molecule has 2 fully saturated rings. The summed E-state index contributed by atoms with van der Waals surface area (Å²) in [4.78, 5) is 2.33. The number of fused-ring (bicyclic) bond motifs is 1. The second kappa shape index (κ2) is 10.2. The number of halogens is 1. The molecule has 1 saturated heterocycles. The van der Waals surface area contributed by atoms with E-state index < -0.39 is 0 Å². The van der Waals surface area contributed by atoms with Crippen LogP contribution in [0.3, 0.4) is 0 Å². The van der Waals surface area contributed by atoms with Gasteiger partial charge in [-0.1, -0.05) is 6.92 Å². The summed E-state index contributed by atoms with van der Waals surface area (Å²) in [5, 5.41) is 17.0. The third-order valence-corrected chi connectivity index (χ3v) is 6.09. The Hall–Kier alpha value is 0.130. The van der Waals surface area contributed by atoms with E-state index in [1.807, 2.05) is 0 Å². The molecule has 4 unspecified atom stereocenters. The van der Waals surface area contributed by atoms with Crippen LogP contribution in [0.2, 0.25) is 0 Å². The van der Waals surface area contributed by atoms with Gasteiger partial charge in [-0.05, 0) is 71.0 Å². The summed E-state index contributed by atoms with van der Waals surface area (Å²) < 4.78 is 0. The van der Waals surface area contributed by atoms with E-state index in [0.717, 1.165) is 38.5 Å². The van der Waals surface area contributed by atoms with Gasteiger partial charge in [0.05, 0.1) is 6.61 Å². The van der Waals surface area contributed by atoms with Crippen molar-refractivity contribution in [1.29, 1.82) is 0 Å². The van der Waals surface area contributed by atoms with Crippen LogP contribution < -0.4 is 10.6 Å². The minimum Gasteiger partial charge on any atom is -0.395 e. The Morgan fingerprint density at radius 3 is 2.87 bits per heavy atom. The molecule has 1 aliphatic carbocycles. The first-order valence-electron chi connectivity index (χ1n) is 9.60. The number of aliphatic hydroxyl groups excluding tert-OH is 1. The number of likely N-dealkylation sites (N-methyl/N-ethyl adjacent to an activating group) is 1. The van der Waals surface area contributed by atoms with Gasteiger partial charge in [-0.3, -0.25) is 0 Å². The van der Waals surface area contributed by atoms with Crippen molar-refractivity contribution in [2.75, 3.05) is 32.8 Å². The molecule has 0 bridgehead atoms. The van der Waals surface area contributed by atoms with Gasteiger partial charge in [0.1, 0.15) is 0 Å². The van der Waals surface area contributed by atoms with Crippen molar-refractivity contribution in [3.63, 3.8) is 0 Å². The van der Waals surface area contributed by atoms with E-state index >= 15 is 0 Å². The number of alkyl halides is 1. The van der Waals surface area contributed by atoms with Crippen LogP contribution in [-0.2, 0) is 0 Å². The van der Waals surface area contributed by atoms with Gasteiger partial charge in [-0.25, -0.2) is 0 Å². The number of piperidine rings is 1. The molecule has 2 aliphatic rings. The molecule has 1 heterocycles. The molecule has 4 nitrogen and oxygen atoms in total. The lowest BCUT2D eigenvalue weighted by atomic mass is 9.76. The first-order chi connectivity index (χ1) is 11.1. The monoisotopic (exact) mass is 345 g/mol. The Balaban J connectivity index is 1.70. The first-order valence-corrected chi connectivity index (χ1v) is 10.0. The van der Waals surface area contributed by atoms with Gasteiger partial charge in [-0.15, -0.1) is 11.6 Å². The van der Waals surface area contributed by atoms with Gasteiger partial charge >= 0.3 is 0 Å². The average Bonchev–Trinajstić information content (AvgIpc) is 2.54. The van der Waals surface area contributed by atoms with Crippen LogP contribution in [0.1, 0.15) is 52.4 Å². The largest absolute Gasteiger partial charge is 0.395 e. The molecule has 1 saturated carbocycles. The summed E-state index contributed by atoms with van der Waals surface area (Å²) in [5.41, 5.74) is 0. The van der Waals surface area contributed by atoms with Crippen molar-refractivity contribution in [1.82, 2.24) is 15.5 Å². The van der Waals surface area contributed by atoms with E-state index in [-0.39, 0.29) is 6.61 Å². The molecule has 136 valence electrons. The highest BCUT2D eigenvalue weighted by molar-refractivity contribution is 6.20. The Bertz CT molecular complexity index is 331. The molecule has 0 radical (unpaired) electrons. The minimum absolute atomic E-state index is 0.265. The van der Waals surface area contributed by atoms with Crippen molar-refractivity contribution in [2.24, 2.45) is 5.92 Å². The van der Waals surface area contributed by atoms with Gasteiger partial charge in [0, 0.05) is 30.0 Å². The predicted molar refractivity (Wildman–Crippen MR) is 98.2 cm³/mol. The maximum atomic E-state index is 9.05. The molecule has 1 aliphatic heterocycles. The molecule has 5 heteroatoms. The van der Waals surface area contributed by atoms with Crippen molar-refractivity contribution < 1.29 is 5.11 Å². The fourth-order valence-corrected chi connectivity index (χ4v) is 4.66. The SMILES string of the molecule is CCN(CCO)CCC[C@H](C)NC1CCNC2CC(Cl)CCC21. The number of hydrogen-bond acceptors (Lipinski definition) is 4. The Morgan fingerprint density at radius 2 is 2.13 bits per heavy atom. The quantitative estimate of drug-likeness (QED) is 0.561. The van der Waals surface area contributed by atoms with Crippen molar-refractivity contribution in [3.05, 3.63) is 0 Å². The highest BCUT2D eigenvalue weighted by Crippen LogP contribution is 2.33. The highest BCUT2D eigenvalue weighted by Gasteiger charge is 2.37. The predicted octanol–water partition coefficient (Wildman–Crippen LogP) is 2.20. The van der Waals surface area contributed by atoms with Crippen LogP contribution in [0.25, 0.3) is 0 Å². The number of rotatable bonds is 9. The maximum Gasteiger partial charge on any atom is 0.0558 e. The molecule has 0 aromatic heterocycles. The van der Waals surface area contributed by atoms with E-state index in [1.54, 1.807) is 0 Å². The lowest BCUT2D eigenvalue weighted by molar-refractivity contribution is 0.152. The maximum absolute atomic E-state index is 9.05. The molecule has 2 rings (SSSR count). The van der Waals surface area contributed by atoms with Crippen molar-refractivity contribution >= 4 is 11.6 Å². The van der Waals surface area contributed by atoms with E-state index in [0.29, 0.717) is 23.5 Å². The highest BCUT2D eigenvalue weighted by atomic mass is 35.5. The van der Waals surface area contributed by atoms with E-state index in [9.17, 15) is 0 Å². The topological polar surface area (TPSA) is 47.5 Å². The van der Waals surface area contributed by atoms with Crippen LogP contribution in [-0.4, -0.2) is 66.3 Å². The van der Waals surface area contributed by atoms with E-state index in [4.69, 9.17) is 16.7 Å². The molecular weight excluding hydrogens is 310 g/mol. The van der Waals surface area contributed by atoms with Crippen LogP contribution in [0, 0.1) is 5.92 Å². The minimum atomic E-state index is 0.265. The van der Waals surface area contributed by atoms with Gasteiger partial charge in [0.2, 0.25) is 0 Å². The third kappa shape index (κ3) is 6.17. The van der Waals surface area contributed by atoms with E-state index in [2.05, 4.69) is 29.4 Å². The molecule has 0 aromatic carbocycles. The van der Waals surface area contributed by atoms with E-state index in [1.165, 1.54) is 32.1 Å². The number of aliphatic hydroxyl groups is 1. The van der Waals surface area contributed by atoms with Crippen molar-refractivity contribution in [2.45, 2.75) is 75.9 Å². The van der Waals surface area contributed by atoms with Gasteiger partial charge in [0.15, 0.2) is 0 Å². The lowest BCUT2D eigenvalue weighted by Crippen LogP contribution is -2.57. The zero-order valence-electron chi connectivity index (χ0n) is 14.9. The normalized spacial score (nSPS) is 32.7. The summed E-state index contributed by atoms with van der Waals surface area (Å²) in [5.74, 6) is 0.753. The summed E-state index contributed by atoms with van der Waals surface area (Å²) >= 11 is 6.34. The van der Waals surface area contributed by atoms with Crippen LogP contribution in [0.15, 0.2) is 0 Å². The standard InChI is InChI=1S/C18H36ClN3O/c1-3-22(11-12-23)10-4-5-14(2)21-17-8-9-20-18-13-15(19)6-7-16(17)18/h14-18,20-21,23H,3-13H2,1-2H3/t14-,15?,16?,17?,18?/m0/s1. The van der Waals surface area contributed by atoms with Gasteiger partial charge in [0.25, 0.3) is 0 Å². The van der Waals surface area contributed by atoms with Crippen molar-refractivity contribution in [3.8, 4) is 0 Å². The smallest absolute Gasteiger partial charge is 0.0558 e. The molecule has 0 spiro atoms. The number of nitrogens with one attached hydrogen (secondary N) is 2. The zero-order valence-corrected chi connectivity index (χ0v) is 15.7. The van der Waals surface area contributed by atoms with Crippen LogP contribution in [0.4, 0.5) is 0 Å². The average molecular weight is 346 g/mol. The molecule has 3 N–H and O–H groups in total. The van der Waals surface area contributed by atoms with Gasteiger partial charge < -0.3 is 20.6 Å². The Labute approximate surface area is 147 Å². The van der Waals surface area contributed by atoms with Gasteiger partial charge in [-0.2, -0.15) is 0 Å². The fourth-order valence-electron chi connectivity index (χ4n) is 4.34. The lowest BCUT2D eigenvalue weighted by Gasteiger charge is -2.44. The third-order valence-electron chi connectivity index (χ3n) is 5.69. The summed E-state index contributed by atoms with van der Waals surface area (Å²) in [6, 6.07) is 1.84. The van der Waals surface area contributed by atoms with Crippen LogP contribution in [0.5, 0.6) is 0 Å². The fraction of sp³-hybridized carbons (Fsp3) is 1.00. The first kappa shape index (κ1) is 19.5. The second-order valence-electron chi connectivity index (χ2n) is 7.40. The Morgan fingerprint density at radius 1 is 1.30 bits per heavy atom. The summed E-state index contributed by atoms with van der Waals surface area (Å²) in [6.07, 6.45) is 7.21. The second-order valence-corrected chi connectivity index (χ2v) is 8.01. The zero-order chi connectivity index (χ0) is 16.7. The summed E-state index contributed by atoms with van der Waals surface area (Å²) in [6.45, 7) is 8.80. The molecule has 5 atom stereocenters. The Kier molecular flexibility index (Phi) is 8.62. The molecule has 0 aromatic rings. The molecular formula is C18H36ClN3O. The number of hydrogen-bond donors (Lipinski definition) is 3. The molecule has 0 amide bonds. The van der Waals surface area contributed by atoms with Crippen LogP contribution >= 0.6 is 11.6 Å². The number of nitrogens with zero attached hydrogens (tertiary/aromatic N) is 1. The molecule has 23 heavy (non-hydrogen) atoms.